The van der Waals surface area contributed by atoms with Gasteiger partial charge in [0, 0.05) is 49.8 Å². The quantitative estimate of drug-likeness (QED) is 0.566. The Labute approximate surface area is 221 Å². The summed E-state index contributed by atoms with van der Waals surface area (Å²) in [6.45, 7) is 15.1. The first-order chi connectivity index (χ1) is 16.7. The molecule has 2 amide bonds. The van der Waals surface area contributed by atoms with Gasteiger partial charge in [-0.25, -0.2) is 9.59 Å². The maximum absolute atomic E-state index is 12.0. The molecule has 2 heterocycles. The molecule has 8 nitrogen and oxygen atoms in total. The molecule has 2 aliphatic rings. The number of hydrogen-bond acceptors (Lipinski definition) is 6. The number of amides is 2. The zero-order valence-corrected chi connectivity index (χ0v) is 23.6. The maximum atomic E-state index is 12.0. The summed E-state index contributed by atoms with van der Waals surface area (Å²) in [6.07, 6.45) is 3.23. The van der Waals surface area contributed by atoms with Crippen molar-refractivity contribution in [1.82, 2.24) is 15.1 Å². The van der Waals surface area contributed by atoms with Gasteiger partial charge in [0.2, 0.25) is 0 Å². The van der Waals surface area contributed by atoms with Crippen LogP contribution in [0.2, 0.25) is 5.02 Å². The minimum Gasteiger partial charge on any atom is -0.444 e. The van der Waals surface area contributed by atoms with Crippen molar-refractivity contribution in [2.75, 3.05) is 26.2 Å². The SMILES string of the molecule is CC(C)(C)OC(=O)N1CCC(N)CC1.CC(C)(C)OC(=O)N1CCC(NCc2ccc(Cl)cc2)CC1. The van der Waals surface area contributed by atoms with Crippen molar-refractivity contribution in [3.8, 4) is 0 Å². The minimum absolute atomic E-state index is 0.205. The Kier molecular flexibility index (Phi) is 11.3. The summed E-state index contributed by atoms with van der Waals surface area (Å²) in [5.41, 5.74) is 6.13. The van der Waals surface area contributed by atoms with E-state index in [1.54, 1.807) is 9.80 Å². The van der Waals surface area contributed by atoms with Gasteiger partial charge in [-0.2, -0.15) is 0 Å². The van der Waals surface area contributed by atoms with Crippen molar-refractivity contribution in [2.24, 2.45) is 5.73 Å². The van der Waals surface area contributed by atoms with E-state index in [1.165, 1.54) is 5.56 Å². The highest BCUT2D eigenvalue weighted by atomic mass is 35.5. The summed E-state index contributed by atoms with van der Waals surface area (Å²) in [7, 11) is 0. The summed E-state index contributed by atoms with van der Waals surface area (Å²) in [4.78, 5) is 27.1. The molecule has 0 bridgehead atoms. The fourth-order valence-corrected chi connectivity index (χ4v) is 3.99. The number of piperidine rings is 2. The third kappa shape index (κ3) is 11.8. The van der Waals surface area contributed by atoms with Crippen LogP contribution in [0.4, 0.5) is 9.59 Å². The fraction of sp³-hybridized carbons (Fsp3) is 0.704. The van der Waals surface area contributed by atoms with Gasteiger partial charge in [-0.1, -0.05) is 23.7 Å². The van der Waals surface area contributed by atoms with Gasteiger partial charge >= 0.3 is 12.2 Å². The number of rotatable bonds is 3. The predicted molar refractivity (Wildman–Crippen MR) is 144 cm³/mol. The van der Waals surface area contributed by atoms with E-state index in [2.05, 4.69) is 5.32 Å². The first-order valence-corrected chi connectivity index (χ1v) is 13.3. The van der Waals surface area contributed by atoms with Crippen LogP contribution in [0.25, 0.3) is 0 Å². The van der Waals surface area contributed by atoms with Crippen LogP contribution < -0.4 is 11.1 Å². The number of carbonyl (C=O) groups is 2. The molecule has 9 heteroatoms. The second-order valence-electron chi connectivity index (χ2n) is 11.6. The molecule has 0 spiro atoms. The molecule has 0 saturated carbocycles. The molecule has 0 aliphatic carbocycles. The highest BCUT2D eigenvalue weighted by Gasteiger charge is 2.27. The minimum atomic E-state index is -0.430. The van der Waals surface area contributed by atoms with Crippen LogP contribution in [-0.2, 0) is 16.0 Å². The number of hydrogen-bond donors (Lipinski definition) is 2. The molecule has 1 aromatic carbocycles. The number of nitrogens with one attached hydrogen (secondary N) is 1. The number of halogens is 1. The lowest BCUT2D eigenvalue weighted by molar-refractivity contribution is 0.0191. The average Bonchev–Trinajstić information content (AvgIpc) is 2.78. The molecule has 36 heavy (non-hydrogen) atoms. The molecule has 204 valence electrons. The monoisotopic (exact) mass is 524 g/mol. The summed E-state index contributed by atoms with van der Waals surface area (Å²) < 4.78 is 10.7. The van der Waals surface area contributed by atoms with Crippen molar-refractivity contribution in [3.63, 3.8) is 0 Å². The van der Waals surface area contributed by atoms with E-state index in [4.69, 9.17) is 26.8 Å². The lowest BCUT2D eigenvalue weighted by Crippen LogP contribution is -2.46. The molecule has 2 aliphatic heterocycles. The summed E-state index contributed by atoms with van der Waals surface area (Å²) in [5.74, 6) is 0. The van der Waals surface area contributed by atoms with Crippen molar-refractivity contribution >= 4 is 23.8 Å². The van der Waals surface area contributed by atoms with E-state index in [9.17, 15) is 9.59 Å². The maximum Gasteiger partial charge on any atom is 0.410 e. The normalized spacial score (nSPS) is 17.8. The molecule has 0 aromatic heterocycles. The van der Waals surface area contributed by atoms with E-state index in [-0.39, 0.29) is 18.2 Å². The lowest BCUT2D eigenvalue weighted by atomic mass is 10.0. The van der Waals surface area contributed by atoms with Gasteiger partial charge in [0.05, 0.1) is 0 Å². The van der Waals surface area contributed by atoms with Crippen LogP contribution in [0.3, 0.4) is 0 Å². The second-order valence-corrected chi connectivity index (χ2v) is 12.0. The summed E-state index contributed by atoms with van der Waals surface area (Å²) in [6, 6.07) is 8.56. The Morgan fingerprint density at radius 3 is 1.69 bits per heavy atom. The highest BCUT2D eigenvalue weighted by Crippen LogP contribution is 2.17. The van der Waals surface area contributed by atoms with Gasteiger partial charge in [0.15, 0.2) is 0 Å². The van der Waals surface area contributed by atoms with Crippen LogP contribution >= 0.6 is 11.6 Å². The third-order valence-electron chi connectivity index (χ3n) is 5.85. The van der Waals surface area contributed by atoms with E-state index in [0.29, 0.717) is 6.04 Å². The van der Waals surface area contributed by atoms with E-state index in [1.807, 2.05) is 65.8 Å². The number of ether oxygens (including phenoxy) is 2. The number of likely N-dealkylation sites (tertiary alicyclic amines) is 2. The number of carbonyl (C=O) groups excluding carboxylic acids is 2. The molecule has 0 unspecified atom stereocenters. The molecule has 3 rings (SSSR count). The molecular formula is C27H45ClN4O4. The van der Waals surface area contributed by atoms with Gasteiger partial charge in [0.1, 0.15) is 11.2 Å². The van der Waals surface area contributed by atoms with Crippen LogP contribution in [0, 0.1) is 0 Å². The van der Waals surface area contributed by atoms with Gasteiger partial charge in [-0.3, -0.25) is 0 Å². The highest BCUT2D eigenvalue weighted by molar-refractivity contribution is 6.30. The Hall–Kier alpha value is -2.03. The van der Waals surface area contributed by atoms with Gasteiger partial charge in [-0.15, -0.1) is 0 Å². The lowest BCUT2D eigenvalue weighted by Gasteiger charge is -2.33. The van der Waals surface area contributed by atoms with E-state index < -0.39 is 11.2 Å². The number of benzene rings is 1. The van der Waals surface area contributed by atoms with Gasteiger partial charge < -0.3 is 30.3 Å². The van der Waals surface area contributed by atoms with Crippen LogP contribution in [0.15, 0.2) is 24.3 Å². The topological polar surface area (TPSA) is 97.1 Å². The van der Waals surface area contributed by atoms with Crippen molar-refractivity contribution < 1.29 is 19.1 Å². The fourth-order valence-electron chi connectivity index (χ4n) is 3.87. The molecular weight excluding hydrogens is 480 g/mol. The Morgan fingerprint density at radius 2 is 1.28 bits per heavy atom. The summed E-state index contributed by atoms with van der Waals surface area (Å²) in [5, 5.41) is 4.30. The third-order valence-corrected chi connectivity index (χ3v) is 6.10. The molecule has 0 atom stereocenters. The van der Waals surface area contributed by atoms with Crippen LogP contribution in [0.1, 0.15) is 72.8 Å². The predicted octanol–water partition coefficient (Wildman–Crippen LogP) is 5.17. The Balaban J connectivity index is 0.000000281. The van der Waals surface area contributed by atoms with Crippen molar-refractivity contribution in [1.29, 1.82) is 0 Å². The first-order valence-electron chi connectivity index (χ1n) is 12.9. The smallest absolute Gasteiger partial charge is 0.410 e. The first kappa shape index (κ1) is 30.2. The largest absolute Gasteiger partial charge is 0.444 e. The molecule has 0 radical (unpaired) electrons. The molecule has 2 fully saturated rings. The molecule has 2 saturated heterocycles. The van der Waals surface area contributed by atoms with E-state index >= 15 is 0 Å². The van der Waals surface area contributed by atoms with Gasteiger partial charge in [-0.05, 0) is 84.9 Å². The van der Waals surface area contributed by atoms with Crippen molar-refractivity contribution in [3.05, 3.63) is 34.9 Å². The van der Waals surface area contributed by atoms with Gasteiger partial charge in [0.25, 0.3) is 0 Å². The van der Waals surface area contributed by atoms with E-state index in [0.717, 1.165) is 63.4 Å². The Morgan fingerprint density at radius 1 is 0.861 bits per heavy atom. The average molecular weight is 525 g/mol. The number of nitrogens with zero attached hydrogens (tertiary/aromatic N) is 2. The molecule has 1 aromatic rings. The second kappa shape index (κ2) is 13.5. The Bertz CT molecular complexity index is 820. The molecule has 3 N–H and O–H groups in total. The zero-order chi connectivity index (χ0) is 26.9. The van der Waals surface area contributed by atoms with Crippen LogP contribution in [-0.4, -0.2) is 71.5 Å². The zero-order valence-electron chi connectivity index (χ0n) is 22.8. The van der Waals surface area contributed by atoms with Crippen LogP contribution in [0.5, 0.6) is 0 Å². The summed E-state index contributed by atoms with van der Waals surface area (Å²) >= 11 is 5.88. The van der Waals surface area contributed by atoms with Crippen molar-refractivity contribution in [2.45, 2.75) is 97.1 Å². The standard InChI is InChI=1S/C17H25ClN2O2.C10H20N2O2/c1-17(2,3)22-16(21)20-10-8-15(9-11-20)19-12-13-4-6-14(18)7-5-13;1-10(2,3)14-9(13)12-6-4-8(11)5-7-12/h4-7,15,19H,8-12H2,1-3H3;8H,4-7,11H2,1-3H3. The number of nitrogens with two attached hydrogens (primary N) is 1.